The molecule has 148 valence electrons. The van der Waals surface area contributed by atoms with Crippen LogP contribution < -0.4 is 9.47 Å². The zero-order valence-electron chi connectivity index (χ0n) is 16.1. The molecular formula is C22H25NO5. The minimum Gasteiger partial charge on any atom is -0.490 e. The lowest BCUT2D eigenvalue weighted by Gasteiger charge is -2.22. The lowest BCUT2D eigenvalue weighted by molar-refractivity contribution is -0.139. The first-order chi connectivity index (χ1) is 13.5. The molecule has 1 aliphatic heterocycles. The van der Waals surface area contributed by atoms with Gasteiger partial charge in [0.2, 0.25) is 0 Å². The van der Waals surface area contributed by atoms with E-state index < -0.39 is 12.6 Å². The fourth-order valence-corrected chi connectivity index (χ4v) is 3.61. The van der Waals surface area contributed by atoms with Gasteiger partial charge >= 0.3 is 5.97 Å². The van der Waals surface area contributed by atoms with Gasteiger partial charge in [0.1, 0.15) is 0 Å². The smallest absolute Gasteiger partial charge is 0.341 e. The molecule has 0 radical (unpaired) electrons. The second kappa shape index (κ2) is 8.78. The summed E-state index contributed by atoms with van der Waals surface area (Å²) in [6.45, 7) is 4.48. The van der Waals surface area contributed by atoms with E-state index in [1.807, 2.05) is 30.0 Å². The molecule has 0 bridgehead atoms. The van der Waals surface area contributed by atoms with Crippen LogP contribution in [0.5, 0.6) is 11.5 Å². The van der Waals surface area contributed by atoms with E-state index in [1.54, 1.807) is 18.2 Å². The fraction of sp³-hybridized carbons (Fsp3) is 0.364. The van der Waals surface area contributed by atoms with Crippen LogP contribution in [0, 0.1) is 0 Å². The number of rotatable bonds is 7. The summed E-state index contributed by atoms with van der Waals surface area (Å²) in [4.78, 5) is 25.7. The summed E-state index contributed by atoms with van der Waals surface area (Å²) in [7, 11) is 0. The number of carbonyl (C=O) groups excluding carboxylic acids is 1. The van der Waals surface area contributed by atoms with Crippen molar-refractivity contribution >= 4 is 11.9 Å². The number of carboxylic acids is 1. The molecule has 0 spiro atoms. The van der Waals surface area contributed by atoms with E-state index in [1.165, 1.54) is 5.56 Å². The molecule has 28 heavy (non-hydrogen) atoms. The second-order valence-electron chi connectivity index (χ2n) is 6.93. The Morgan fingerprint density at radius 2 is 1.86 bits per heavy atom. The van der Waals surface area contributed by atoms with Gasteiger partial charge in [-0.15, -0.1) is 0 Å². The highest BCUT2D eigenvalue weighted by molar-refractivity contribution is 5.95. The molecule has 6 heteroatoms. The van der Waals surface area contributed by atoms with Crippen LogP contribution in [-0.4, -0.2) is 47.7 Å². The molecule has 2 aromatic rings. The molecule has 1 saturated heterocycles. The molecule has 0 aromatic heterocycles. The third-order valence-electron chi connectivity index (χ3n) is 4.95. The molecule has 1 fully saturated rings. The van der Waals surface area contributed by atoms with Crippen LogP contribution >= 0.6 is 0 Å². The van der Waals surface area contributed by atoms with Crippen molar-refractivity contribution in [3.63, 3.8) is 0 Å². The monoisotopic (exact) mass is 383 g/mol. The van der Waals surface area contributed by atoms with Crippen molar-refractivity contribution in [2.45, 2.75) is 32.2 Å². The summed E-state index contributed by atoms with van der Waals surface area (Å²) in [5.74, 6) is -0.111. The molecule has 2 unspecified atom stereocenters. The summed E-state index contributed by atoms with van der Waals surface area (Å²) in [6.07, 6.45) is 0.924. The van der Waals surface area contributed by atoms with E-state index in [0.717, 1.165) is 6.42 Å². The SMILES string of the molecule is CCOc1cc(C(=O)N2CC(c3ccccc3)CC2C)ccc1OCC(=O)O. The van der Waals surface area contributed by atoms with Gasteiger partial charge in [0.15, 0.2) is 18.1 Å². The molecule has 2 aromatic carbocycles. The van der Waals surface area contributed by atoms with Crippen molar-refractivity contribution in [1.29, 1.82) is 0 Å². The molecule has 1 aliphatic rings. The second-order valence-corrected chi connectivity index (χ2v) is 6.93. The van der Waals surface area contributed by atoms with Crippen molar-refractivity contribution in [2.75, 3.05) is 19.8 Å². The maximum atomic E-state index is 13.1. The third kappa shape index (κ3) is 4.44. The van der Waals surface area contributed by atoms with Gasteiger partial charge in [0.25, 0.3) is 5.91 Å². The van der Waals surface area contributed by atoms with Crippen molar-refractivity contribution in [1.82, 2.24) is 4.90 Å². The Balaban J connectivity index is 1.77. The first-order valence-corrected chi connectivity index (χ1v) is 9.47. The quantitative estimate of drug-likeness (QED) is 0.791. The number of carboxylic acid groups (broad SMARTS) is 1. The molecule has 6 nitrogen and oxygen atoms in total. The first kappa shape index (κ1) is 19.7. The van der Waals surface area contributed by atoms with Crippen LogP contribution in [0.4, 0.5) is 0 Å². The van der Waals surface area contributed by atoms with Gasteiger partial charge in [-0.3, -0.25) is 4.79 Å². The molecule has 3 rings (SSSR count). The van der Waals surface area contributed by atoms with E-state index in [2.05, 4.69) is 19.1 Å². The van der Waals surface area contributed by atoms with Crippen LogP contribution in [-0.2, 0) is 4.79 Å². The Kier molecular flexibility index (Phi) is 6.19. The van der Waals surface area contributed by atoms with E-state index in [9.17, 15) is 9.59 Å². The first-order valence-electron chi connectivity index (χ1n) is 9.47. The molecule has 0 aliphatic carbocycles. The van der Waals surface area contributed by atoms with Crippen LogP contribution in [0.1, 0.15) is 42.1 Å². The minimum atomic E-state index is -1.07. The van der Waals surface area contributed by atoms with Gasteiger partial charge in [-0.05, 0) is 44.0 Å². The normalized spacial score (nSPS) is 18.7. The fourth-order valence-electron chi connectivity index (χ4n) is 3.61. The molecule has 0 saturated carbocycles. The number of carbonyl (C=O) groups is 2. The van der Waals surface area contributed by atoms with Gasteiger partial charge in [-0.25, -0.2) is 4.79 Å². The Labute approximate surface area is 164 Å². The van der Waals surface area contributed by atoms with Crippen molar-refractivity contribution in [2.24, 2.45) is 0 Å². The van der Waals surface area contributed by atoms with Gasteiger partial charge in [0, 0.05) is 24.1 Å². The van der Waals surface area contributed by atoms with E-state index in [-0.39, 0.29) is 11.9 Å². The number of ether oxygens (including phenoxy) is 2. The van der Waals surface area contributed by atoms with E-state index in [4.69, 9.17) is 14.6 Å². The number of nitrogens with zero attached hydrogens (tertiary/aromatic N) is 1. The standard InChI is InChI=1S/C22H25NO5/c1-3-27-20-12-17(9-10-19(20)28-14-21(24)25)22(26)23-13-18(11-15(23)2)16-7-5-4-6-8-16/h4-10,12,15,18H,3,11,13-14H2,1-2H3,(H,24,25). The molecule has 1 amide bonds. The Morgan fingerprint density at radius 1 is 1.11 bits per heavy atom. The minimum absolute atomic E-state index is 0.0586. The third-order valence-corrected chi connectivity index (χ3v) is 4.95. The summed E-state index contributed by atoms with van der Waals surface area (Å²) < 4.78 is 10.8. The maximum absolute atomic E-state index is 13.1. The van der Waals surface area contributed by atoms with Crippen LogP contribution in [0.2, 0.25) is 0 Å². The van der Waals surface area contributed by atoms with Crippen LogP contribution in [0.3, 0.4) is 0 Å². The number of benzene rings is 2. The predicted octanol–water partition coefficient (Wildman–Crippen LogP) is 3.57. The summed E-state index contributed by atoms with van der Waals surface area (Å²) >= 11 is 0. The average Bonchev–Trinajstić information content (AvgIpc) is 3.09. The molecule has 1 heterocycles. The lowest BCUT2D eigenvalue weighted by atomic mass is 9.97. The summed E-state index contributed by atoms with van der Waals surface area (Å²) in [5, 5.41) is 8.80. The van der Waals surface area contributed by atoms with Crippen LogP contribution in [0.15, 0.2) is 48.5 Å². The van der Waals surface area contributed by atoms with E-state index >= 15 is 0 Å². The molecular weight excluding hydrogens is 358 g/mol. The van der Waals surface area contributed by atoms with Crippen molar-refractivity contribution in [3.8, 4) is 11.5 Å². The molecule has 1 N–H and O–H groups in total. The molecule has 2 atom stereocenters. The predicted molar refractivity (Wildman–Crippen MR) is 105 cm³/mol. The zero-order chi connectivity index (χ0) is 20.1. The van der Waals surface area contributed by atoms with Gasteiger partial charge in [0.05, 0.1) is 6.61 Å². The Morgan fingerprint density at radius 3 is 2.54 bits per heavy atom. The highest BCUT2D eigenvalue weighted by Gasteiger charge is 2.33. The lowest BCUT2D eigenvalue weighted by Crippen LogP contribution is -2.33. The summed E-state index contributed by atoms with van der Waals surface area (Å²) in [6, 6.07) is 15.3. The highest BCUT2D eigenvalue weighted by Crippen LogP contribution is 2.34. The average molecular weight is 383 g/mol. The number of likely N-dealkylation sites (tertiary alicyclic amines) is 1. The number of amides is 1. The Bertz CT molecular complexity index is 836. The highest BCUT2D eigenvalue weighted by atomic mass is 16.5. The Hall–Kier alpha value is -3.02. The van der Waals surface area contributed by atoms with Crippen molar-refractivity contribution in [3.05, 3.63) is 59.7 Å². The van der Waals surface area contributed by atoms with Crippen LogP contribution in [0.25, 0.3) is 0 Å². The van der Waals surface area contributed by atoms with Gasteiger partial charge < -0.3 is 19.5 Å². The number of hydrogen-bond acceptors (Lipinski definition) is 4. The van der Waals surface area contributed by atoms with Crippen molar-refractivity contribution < 1.29 is 24.2 Å². The zero-order valence-corrected chi connectivity index (χ0v) is 16.1. The van der Waals surface area contributed by atoms with E-state index in [0.29, 0.717) is 36.1 Å². The topological polar surface area (TPSA) is 76.1 Å². The maximum Gasteiger partial charge on any atom is 0.341 e. The van der Waals surface area contributed by atoms with Gasteiger partial charge in [-0.1, -0.05) is 30.3 Å². The van der Waals surface area contributed by atoms with Gasteiger partial charge in [-0.2, -0.15) is 0 Å². The summed E-state index contributed by atoms with van der Waals surface area (Å²) in [5.41, 5.74) is 1.75. The number of aliphatic carboxylic acids is 1. The largest absolute Gasteiger partial charge is 0.490 e. The number of hydrogen-bond donors (Lipinski definition) is 1.